The lowest BCUT2D eigenvalue weighted by Gasteiger charge is -2.33. The molecule has 0 bridgehead atoms. The Labute approximate surface area is 126 Å². The van der Waals surface area contributed by atoms with Gasteiger partial charge in [-0.15, -0.1) is 0 Å². The average Bonchev–Trinajstić information content (AvgIpc) is 2.55. The molecular weight excluding hydrogens is 262 g/mol. The normalized spacial score (nSPS) is 23.6. The predicted molar refractivity (Wildman–Crippen MR) is 84.2 cm³/mol. The summed E-state index contributed by atoms with van der Waals surface area (Å²) in [5.74, 6) is 0.142. The summed E-state index contributed by atoms with van der Waals surface area (Å²) in [4.78, 5) is 15.1. The van der Waals surface area contributed by atoms with Crippen LogP contribution >= 0.6 is 0 Å². The van der Waals surface area contributed by atoms with Gasteiger partial charge in [0.25, 0.3) is 0 Å². The number of nitrogens with zero attached hydrogens (tertiary/aromatic N) is 1. The molecule has 0 aromatic heterocycles. The maximum absolute atomic E-state index is 12.6. The first-order valence-electron chi connectivity index (χ1n) is 8.09. The van der Waals surface area contributed by atoms with Crippen molar-refractivity contribution in [1.29, 1.82) is 0 Å². The van der Waals surface area contributed by atoms with Gasteiger partial charge in [0.2, 0.25) is 5.91 Å². The summed E-state index contributed by atoms with van der Waals surface area (Å²) >= 11 is 0. The fourth-order valence-electron chi connectivity index (χ4n) is 3.43. The van der Waals surface area contributed by atoms with Gasteiger partial charge in [-0.05, 0) is 30.5 Å². The highest BCUT2D eigenvalue weighted by Crippen LogP contribution is 2.24. The number of carbonyl (C=O) groups is 1. The molecule has 0 aliphatic carbocycles. The Hall–Kier alpha value is -1.39. The number of benzene rings is 1. The van der Waals surface area contributed by atoms with Crippen molar-refractivity contribution < 1.29 is 4.79 Å². The number of amides is 1. The molecule has 0 spiro atoms. The van der Waals surface area contributed by atoms with Crippen LogP contribution in [0.4, 0.5) is 0 Å². The highest BCUT2D eigenvalue weighted by molar-refractivity contribution is 5.85. The summed E-state index contributed by atoms with van der Waals surface area (Å²) in [6.45, 7) is 7.12. The molecule has 1 saturated heterocycles. The Morgan fingerprint density at radius 2 is 2.10 bits per heavy atom. The van der Waals surface area contributed by atoms with E-state index >= 15 is 0 Å². The minimum absolute atomic E-state index is 0.0424. The van der Waals surface area contributed by atoms with Crippen molar-refractivity contribution in [3.8, 4) is 0 Å². The lowest BCUT2D eigenvalue weighted by atomic mass is 9.89. The zero-order chi connectivity index (χ0) is 14.7. The van der Waals surface area contributed by atoms with Gasteiger partial charge in [0.1, 0.15) is 0 Å². The Kier molecular flexibility index (Phi) is 4.56. The third-order valence-electron chi connectivity index (χ3n) is 4.79. The van der Waals surface area contributed by atoms with Crippen molar-refractivity contribution >= 4 is 5.91 Å². The second kappa shape index (κ2) is 6.58. The van der Waals surface area contributed by atoms with Gasteiger partial charge in [0, 0.05) is 32.2 Å². The van der Waals surface area contributed by atoms with Crippen molar-refractivity contribution in [3.05, 3.63) is 35.4 Å². The molecule has 21 heavy (non-hydrogen) atoms. The molecule has 1 amide bonds. The molecule has 3 rings (SSSR count). The Bertz CT molecular complexity index is 495. The zero-order valence-electron chi connectivity index (χ0n) is 12.8. The molecule has 2 N–H and O–H groups in total. The molecule has 1 atom stereocenters. The van der Waals surface area contributed by atoms with Crippen LogP contribution in [0, 0.1) is 0 Å². The monoisotopic (exact) mass is 287 g/mol. The van der Waals surface area contributed by atoms with E-state index in [4.69, 9.17) is 0 Å². The maximum Gasteiger partial charge on any atom is 0.229 e. The van der Waals surface area contributed by atoms with E-state index in [-0.39, 0.29) is 11.8 Å². The van der Waals surface area contributed by atoms with E-state index in [1.807, 2.05) is 12.1 Å². The van der Waals surface area contributed by atoms with E-state index in [1.165, 1.54) is 11.1 Å². The number of likely N-dealkylation sites (tertiary alicyclic amines) is 1. The molecule has 2 aliphatic heterocycles. The Morgan fingerprint density at radius 1 is 1.33 bits per heavy atom. The first-order valence-corrected chi connectivity index (χ1v) is 8.09. The largest absolute Gasteiger partial charge is 0.353 e. The van der Waals surface area contributed by atoms with Crippen LogP contribution < -0.4 is 10.6 Å². The van der Waals surface area contributed by atoms with Crippen LogP contribution in [-0.4, -0.2) is 43.0 Å². The first-order chi connectivity index (χ1) is 10.3. The van der Waals surface area contributed by atoms with Gasteiger partial charge in [0.15, 0.2) is 0 Å². The molecule has 1 fully saturated rings. The smallest absolute Gasteiger partial charge is 0.229 e. The number of fused-ring (bicyclic) bond motifs is 1. The quantitative estimate of drug-likeness (QED) is 0.885. The number of carbonyl (C=O) groups excluding carboxylic acids is 1. The highest BCUT2D eigenvalue weighted by atomic mass is 16.2. The molecule has 4 nitrogen and oxygen atoms in total. The lowest BCUT2D eigenvalue weighted by molar-refractivity contribution is -0.123. The highest BCUT2D eigenvalue weighted by Gasteiger charge is 2.28. The second-order valence-corrected chi connectivity index (χ2v) is 6.10. The molecule has 1 aromatic carbocycles. The standard InChI is InChI=1S/C17H25N3O/c1-2-20-9-7-14(8-10-20)19-17(21)16-12-18-11-13-5-3-4-6-15(13)16/h3-6,14,16,18H,2,7-12H2,1H3,(H,19,21). The van der Waals surface area contributed by atoms with Gasteiger partial charge >= 0.3 is 0 Å². The third-order valence-corrected chi connectivity index (χ3v) is 4.79. The summed E-state index contributed by atoms with van der Waals surface area (Å²) in [7, 11) is 0. The molecule has 1 aromatic rings. The van der Waals surface area contributed by atoms with Gasteiger partial charge in [-0.3, -0.25) is 4.79 Å². The van der Waals surface area contributed by atoms with Crippen molar-refractivity contribution in [2.45, 2.75) is 38.3 Å². The summed E-state index contributed by atoms with van der Waals surface area (Å²) in [5, 5.41) is 6.62. The summed E-state index contributed by atoms with van der Waals surface area (Å²) < 4.78 is 0. The van der Waals surface area contributed by atoms with E-state index in [2.05, 4.69) is 34.6 Å². The van der Waals surface area contributed by atoms with Crippen LogP contribution in [0.15, 0.2) is 24.3 Å². The van der Waals surface area contributed by atoms with Gasteiger partial charge in [-0.25, -0.2) is 0 Å². The predicted octanol–water partition coefficient (Wildman–Crippen LogP) is 1.47. The van der Waals surface area contributed by atoms with Crippen LogP contribution in [-0.2, 0) is 11.3 Å². The van der Waals surface area contributed by atoms with Crippen molar-refractivity contribution in [2.24, 2.45) is 0 Å². The zero-order valence-corrected chi connectivity index (χ0v) is 12.8. The number of hydrogen-bond donors (Lipinski definition) is 2. The molecule has 0 saturated carbocycles. The Morgan fingerprint density at radius 3 is 2.86 bits per heavy atom. The molecule has 0 radical (unpaired) electrons. The molecule has 2 aliphatic rings. The van der Waals surface area contributed by atoms with Crippen molar-refractivity contribution in [3.63, 3.8) is 0 Å². The first kappa shape index (κ1) is 14.5. The van der Waals surface area contributed by atoms with E-state index in [9.17, 15) is 4.79 Å². The topological polar surface area (TPSA) is 44.4 Å². The van der Waals surface area contributed by atoms with Gasteiger partial charge in [-0.2, -0.15) is 0 Å². The van der Waals surface area contributed by atoms with E-state index < -0.39 is 0 Å². The second-order valence-electron chi connectivity index (χ2n) is 6.10. The van der Waals surface area contributed by atoms with Crippen LogP contribution in [0.2, 0.25) is 0 Å². The van der Waals surface area contributed by atoms with Crippen molar-refractivity contribution in [2.75, 3.05) is 26.2 Å². The van der Waals surface area contributed by atoms with Gasteiger partial charge < -0.3 is 15.5 Å². The van der Waals surface area contributed by atoms with Gasteiger partial charge in [-0.1, -0.05) is 31.2 Å². The van der Waals surface area contributed by atoms with E-state index in [0.717, 1.165) is 45.6 Å². The molecule has 4 heteroatoms. The maximum atomic E-state index is 12.6. The summed E-state index contributed by atoms with van der Waals surface area (Å²) in [6.07, 6.45) is 2.14. The van der Waals surface area contributed by atoms with Crippen LogP contribution in [0.5, 0.6) is 0 Å². The van der Waals surface area contributed by atoms with Crippen LogP contribution in [0.1, 0.15) is 36.8 Å². The molecule has 114 valence electrons. The van der Waals surface area contributed by atoms with Crippen molar-refractivity contribution in [1.82, 2.24) is 15.5 Å². The molecule has 1 unspecified atom stereocenters. The SMILES string of the molecule is CCN1CCC(NC(=O)C2CNCc3ccccc32)CC1. The fourth-order valence-corrected chi connectivity index (χ4v) is 3.43. The molecular formula is C17H25N3O. The number of hydrogen-bond acceptors (Lipinski definition) is 3. The van der Waals surface area contributed by atoms with E-state index in [0.29, 0.717) is 6.04 Å². The summed E-state index contributed by atoms with van der Waals surface area (Å²) in [5.41, 5.74) is 2.45. The fraction of sp³-hybridized carbons (Fsp3) is 0.588. The summed E-state index contributed by atoms with van der Waals surface area (Å²) in [6, 6.07) is 8.63. The third kappa shape index (κ3) is 3.27. The van der Waals surface area contributed by atoms with Crippen LogP contribution in [0.25, 0.3) is 0 Å². The number of rotatable bonds is 3. The number of nitrogens with one attached hydrogen (secondary N) is 2. The minimum atomic E-state index is -0.0424. The minimum Gasteiger partial charge on any atom is -0.353 e. The Balaban J connectivity index is 1.62. The van der Waals surface area contributed by atoms with Crippen LogP contribution in [0.3, 0.4) is 0 Å². The van der Waals surface area contributed by atoms with Gasteiger partial charge in [0.05, 0.1) is 5.92 Å². The lowest BCUT2D eigenvalue weighted by Crippen LogP contribution is -2.47. The molecule has 2 heterocycles. The van der Waals surface area contributed by atoms with E-state index in [1.54, 1.807) is 0 Å². The number of piperidine rings is 1. The average molecular weight is 287 g/mol.